The third-order valence-corrected chi connectivity index (χ3v) is 4.67. The van der Waals surface area contributed by atoms with Gasteiger partial charge >= 0.3 is 0 Å². The van der Waals surface area contributed by atoms with Gasteiger partial charge in [0.2, 0.25) is 11.9 Å². The molecule has 0 bridgehead atoms. The highest BCUT2D eigenvalue weighted by Crippen LogP contribution is 2.26. The number of benzene rings is 1. The maximum absolute atomic E-state index is 5.62. The van der Waals surface area contributed by atoms with Crippen molar-refractivity contribution in [2.24, 2.45) is 0 Å². The highest BCUT2D eigenvalue weighted by Gasteiger charge is 2.17. The number of fused-ring (bicyclic) bond motifs is 1. The van der Waals surface area contributed by atoms with Crippen LogP contribution in [0.25, 0.3) is 22.3 Å². The van der Waals surface area contributed by atoms with Crippen molar-refractivity contribution < 1.29 is 4.74 Å². The van der Waals surface area contributed by atoms with E-state index in [1.54, 1.807) is 18.7 Å². The normalized spacial score (nSPS) is 14.3. The molecule has 4 heterocycles. The Labute approximate surface area is 166 Å². The van der Waals surface area contributed by atoms with Gasteiger partial charge in [-0.1, -0.05) is 0 Å². The summed E-state index contributed by atoms with van der Waals surface area (Å²) in [5.41, 5.74) is 9.84. The lowest BCUT2D eigenvalue weighted by atomic mass is 10.2. The van der Waals surface area contributed by atoms with Crippen molar-refractivity contribution in [1.29, 1.82) is 0 Å². The molecule has 146 valence electrons. The first-order valence-corrected chi connectivity index (χ1v) is 9.24. The molecule has 3 aromatic heterocycles. The van der Waals surface area contributed by atoms with Gasteiger partial charge in [0, 0.05) is 42.8 Å². The molecule has 1 saturated heterocycles. The highest BCUT2D eigenvalue weighted by atomic mass is 16.5. The summed E-state index contributed by atoms with van der Waals surface area (Å²) >= 11 is 0. The largest absolute Gasteiger partial charge is 0.378 e. The first-order valence-electron chi connectivity index (χ1n) is 9.24. The van der Waals surface area contributed by atoms with Crippen LogP contribution in [0.15, 0.2) is 43.0 Å². The van der Waals surface area contributed by atoms with E-state index >= 15 is 0 Å². The third-order valence-electron chi connectivity index (χ3n) is 4.67. The summed E-state index contributed by atoms with van der Waals surface area (Å²) in [6, 6.07) is 7.79. The van der Waals surface area contributed by atoms with Crippen LogP contribution in [0.4, 0.5) is 23.4 Å². The van der Waals surface area contributed by atoms with Gasteiger partial charge < -0.3 is 25.7 Å². The molecule has 4 N–H and O–H groups in total. The van der Waals surface area contributed by atoms with Crippen LogP contribution < -0.4 is 16.0 Å². The van der Waals surface area contributed by atoms with E-state index < -0.39 is 0 Å². The highest BCUT2D eigenvalue weighted by molar-refractivity contribution is 5.80. The van der Waals surface area contributed by atoms with Crippen LogP contribution in [0, 0.1) is 0 Å². The Morgan fingerprint density at radius 2 is 1.86 bits per heavy atom. The minimum atomic E-state index is 0.224. The van der Waals surface area contributed by atoms with Gasteiger partial charge in [0.1, 0.15) is 5.82 Å². The van der Waals surface area contributed by atoms with Crippen LogP contribution in [0.1, 0.15) is 0 Å². The molecule has 1 fully saturated rings. The number of nitrogen functional groups attached to an aromatic ring is 1. The number of nitrogens with one attached hydrogen (secondary N) is 2. The molecule has 10 heteroatoms. The van der Waals surface area contributed by atoms with Gasteiger partial charge in [0.05, 0.1) is 36.3 Å². The zero-order valence-electron chi connectivity index (χ0n) is 15.5. The molecule has 29 heavy (non-hydrogen) atoms. The molecular weight excluding hydrogens is 370 g/mol. The molecule has 1 aliphatic heterocycles. The fraction of sp³-hybridized carbons (Fsp3) is 0.211. The molecule has 1 aromatic carbocycles. The lowest BCUT2D eigenvalue weighted by Gasteiger charge is -2.27. The van der Waals surface area contributed by atoms with Gasteiger partial charge in [0.15, 0.2) is 0 Å². The minimum absolute atomic E-state index is 0.224. The Kier molecular flexibility index (Phi) is 4.37. The van der Waals surface area contributed by atoms with Crippen molar-refractivity contribution in [3.63, 3.8) is 0 Å². The number of H-pyrrole nitrogens is 1. The Bertz CT molecular complexity index is 1140. The number of ether oxygens (including phenoxy) is 1. The van der Waals surface area contributed by atoms with Crippen molar-refractivity contribution in [3.8, 4) is 11.3 Å². The quantitative estimate of drug-likeness (QED) is 0.479. The van der Waals surface area contributed by atoms with Gasteiger partial charge in [-0.05, 0) is 18.2 Å². The molecule has 0 atom stereocenters. The van der Waals surface area contributed by atoms with Gasteiger partial charge in [-0.2, -0.15) is 4.98 Å². The van der Waals surface area contributed by atoms with Crippen LogP contribution in [-0.4, -0.2) is 56.2 Å². The van der Waals surface area contributed by atoms with Crippen molar-refractivity contribution >= 4 is 34.4 Å². The Morgan fingerprint density at radius 1 is 1.03 bits per heavy atom. The average molecular weight is 389 g/mol. The summed E-state index contributed by atoms with van der Waals surface area (Å²) < 4.78 is 5.45. The molecule has 1 aliphatic rings. The van der Waals surface area contributed by atoms with E-state index in [9.17, 15) is 0 Å². The number of nitrogens with zero attached hydrogens (tertiary/aromatic N) is 6. The molecule has 0 saturated carbocycles. The second-order valence-corrected chi connectivity index (χ2v) is 6.63. The first kappa shape index (κ1) is 17.3. The maximum Gasteiger partial charge on any atom is 0.228 e. The Morgan fingerprint density at radius 3 is 2.69 bits per heavy atom. The number of nitrogens with two attached hydrogens (primary N) is 1. The van der Waals surface area contributed by atoms with E-state index in [4.69, 9.17) is 20.4 Å². The second-order valence-electron chi connectivity index (χ2n) is 6.63. The van der Waals surface area contributed by atoms with E-state index in [2.05, 4.69) is 30.2 Å². The third kappa shape index (κ3) is 3.65. The number of morpholine rings is 1. The van der Waals surface area contributed by atoms with Crippen LogP contribution in [0.3, 0.4) is 0 Å². The Balaban J connectivity index is 1.53. The SMILES string of the molecule is Nc1ncc(-c2cc(Nc3ccc4[nH]cnc4c3)nc(N3CCOCC3)n2)cn1. The number of hydrogen-bond donors (Lipinski definition) is 3. The van der Waals surface area contributed by atoms with E-state index in [-0.39, 0.29) is 5.95 Å². The van der Waals surface area contributed by atoms with Gasteiger partial charge in [0.25, 0.3) is 0 Å². The standard InChI is InChI=1S/C19H19N9O/c20-18-21-9-12(10-22-18)15-8-17(27-19(26-15)28-3-5-29-6-4-28)25-13-1-2-14-16(7-13)24-11-23-14/h1-2,7-11H,3-6H2,(H,23,24)(H2,20,21,22)(H,25,26,27). The van der Waals surface area contributed by atoms with E-state index in [0.717, 1.165) is 35.4 Å². The number of rotatable bonds is 4. The number of aromatic amines is 1. The van der Waals surface area contributed by atoms with E-state index in [1.807, 2.05) is 24.3 Å². The summed E-state index contributed by atoms with van der Waals surface area (Å²) in [6.45, 7) is 2.77. The average Bonchev–Trinajstić information content (AvgIpc) is 3.23. The number of anilines is 4. The molecule has 0 radical (unpaired) electrons. The topological polar surface area (TPSA) is 131 Å². The molecule has 0 unspecified atom stereocenters. The molecule has 10 nitrogen and oxygen atoms in total. The lowest BCUT2D eigenvalue weighted by molar-refractivity contribution is 0.122. The predicted molar refractivity (Wildman–Crippen MR) is 110 cm³/mol. The predicted octanol–water partition coefficient (Wildman–Crippen LogP) is 1.97. The maximum atomic E-state index is 5.62. The Hall–Kier alpha value is -3.79. The van der Waals surface area contributed by atoms with Crippen molar-refractivity contribution in [2.75, 3.05) is 42.3 Å². The molecule has 5 rings (SSSR count). The van der Waals surface area contributed by atoms with Gasteiger partial charge in [-0.15, -0.1) is 0 Å². The summed E-state index contributed by atoms with van der Waals surface area (Å²) in [4.78, 5) is 27.1. The smallest absolute Gasteiger partial charge is 0.228 e. The zero-order chi connectivity index (χ0) is 19.6. The number of imidazole rings is 1. The van der Waals surface area contributed by atoms with Crippen LogP contribution >= 0.6 is 0 Å². The minimum Gasteiger partial charge on any atom is -0.378 e. The van der Waals surface area contributed by atoms with Crippen molar-refractivity contribution in [2.45, 2.75) is 0 Å². The van der Waals surface area contributed by atoms with Crippen LogP contribution in [-0.2, 0) is 4.74 Å². The van der Waals surface area contributed by atoms with Crippen LogP contribution in [0.5, 0.6) is 0 Å². The number of hydrogen-bond acceptors (Lipinski definition) is 9. The fourth-order valence-electron chi connectivity index (χ4n) is 3.18. The molecule has 4 aromatic rings. The fourth-order valence-corrected chi connectivity index (χ4v) is 3.18. The zero-order valence-corrected chi connectivity index (χ0v) is 15.5. The van der Waals surface area contributed by atoms with Crippen LogP contribution in [0.2, 0.25) is 0 Å². The van der Waals surface area contributed by atoms with Crippen molar-refractivity contribution in [1.82, 2.24) is 29.9 Å². The van der Waals surface area contributed by atoms with Gasteiger partial charge in [-0.25, -0.2) is 19.9 Å². The summed E-state index contributed by atoms with van der Waals surface area (Å²) in [7, 11) is 0. The lowest BCUT2D eigenvalue weighted by Crippen LogP contribution is -2.37. The van der Waals surface area contributed by atoms with E-state index in [1.165, 1.54) is 0 Å². The molecule has 0 aliphatic carbocycles. The number of aromatic nitrogens is 6. The summed E-state index contributed by atoms with van der Waals surface area (Å²) in [5.74, 6) is 1.52. The molecule has 0 spiro atoms. The van der Waals surface area contributed by atoms with E-state index in [0.29, 0.717) is 30.7 Å². The monoisotopic (exact) mass is 389 g/mol. The molecule has 0 amide bonds. The summed E-state index contributed by atoms with van der Waals surface area (Å²) in [5, 5.41) is 3.36. The van der Waals surface area contributed by atoms with Crippen molar-refractivity contribution in [3.05, 3.63) is 43.0 Å². The van der Waals surface area contributed by atoms with Gasteiger partial charge in [-0.3, -0.25) is 0 Å². The summed E-state index contributed by atoms with van der Waals surface area (Å²) in [6.07, 6.45) is 5.00. The second kappa shape index (κ2) is 7.32. The molecular formula is C19H19N9O. The first-order chi connectivity index (χ1) is 14.2.